The number of aryl methyl sites for hydroxylation is 1. The fourth-order valence-corrected chi connectivity index (χ4v) is 4.24. The molecule has 0 radical (unpaired) electrons. The van der Waals surface area contributed by atoms with E-state index in [-0.39, 0.29) is 24.2 Å². The first-order valence-electron chi connectivity index (χ1n) is 7.62. The van der Waals surface area contributed by atoms with E-state index in [1.807, 2.05) is 31.2 Å². The van der Waals surface area contributed by atoms with Gasteiger partial charge in [-0.3, -0.25) is 4.79 Å². The van der Waals surface area contributed by atoms with Gasteiger partial charge < -0.3 is 4.74 Å². The predicted octanol–water partition coefficient (Wildman–Crippen LogP) is 2.10. The monoisotopic (exact) mass is 325 g/mol. The standard InChI is InChI=1S/C16H23NO4S/c1-3-21-16(18)15-5-4-10-17(11-15)22(19,20)12-14-8-6-13(2)7-9-14/h6-9,15H,3-5,10-12H2,1-2H3. The van der Waals surface area contributed by atoms with Crippen LogP contribution in [0.3, 0.4) is 0 Å². The van der Waals surface area contributed by atoms with Gasteiger partial charge >= 0.3 is 5.97 Å². The van der Waals surface area contributed by atoms with Gasteiger partial charge in [0.1, 0.15) is 0 Å². The van der Waals surface area contributed by atoms with Crippen LogP contribution in [0.5, 0.6) is 0 Å². The fourth-order valence-electron chi connectivity index (χ4n) is 2.63. The molecule has 0 amide bonds. The number of carbonyl (C=O) groups is 1. The van der Waals surface area contributed by atoms with Crippen LogP contribution in [0.4, 0.5) is 0 Å². The molecule has 1 heterocycles. The third kappa shape index (κ3) is 4.30. The summed E-state index contributed by atoms with van der Waals surface area (Å²) in [5.41, 5.74) is 1.87. The summed E-state index contributed by atoms with van der Waals surface area (Å²) in [7, 11) is -3.41. The minimum atomic E-state index is -3.41. The summed E-state index contributed by atoms with van der Waals surface area (Å²) in [4.78, 5) is 11.8. The Kier molecular flexibility index (Phi) is 5.58. The Balaban J connectivity index is 2.05. The second kappa shape index (κ2) is 7.24. The zero-order chi connectivity index (χ0) is 16.2. The molecule has 6 heteroatoms. The summed E-state index contributed by atoms with van der Waals surface area (Å²) in [6, 6.07) is 7.48. The predicted molar refractivity (Wildman–Crippen MR) is 84.7 cm³/mol. The van der Waals surface area contributed by atoms with Gasteiger partial charge in [0, 0.05) is 13.1 Å². The lowest BCUT2D eigenvalue weighted by molar-refractivity contribution is -0.149. The van der Waals surface area contributed by atoms with Crippen LogP contribution in [0.2, 0.25) is 0 Å². The van der Waals surface area contributed by atoms with Crippen LogP contribution in [0.25, 0.3) is 0 Å². The smallest absolute Gasteiger partial charge is 0.310 e. The molecule has 1 unspecified atom stereocenters. The third-order valence-electron chi connectivity index (χ3n) is 3.87. The molecule has 1 aromatic carbocycles. The lowest BCUT2D eigenvalue weighted by Crippen LogP contribution is -2.43. The van der Waals surface area contributed by atoms with E-state index >= 15 is 0 Å². The minimum Gasteiger partial charge on any atom is -0.466 e. The van der Waals surface area contributed by atoms with E-state index in [1.165, 1.54) is 4.31 Å². The van der Waals surface area contributed by atoms with Crippen LogP contribution in [-0.2, 0) is 25.3 Å². The fraction of sp³-hybridized carbons (Fsp3) is 0.562. The highest BCUT2D eigenvalue weighted by molar-refractivity contribution is 7.88. The van der Waals surface area contributed by atoms with Crippen molar-refractivity contribution in [3.8, 4) is 0 Å². The van der Waals surface area contributed by atoms with E-state index in [0.29, 0.717) is 26.0 Å². The maximum atomic E-state index is 12.5. The zero-order valence-electron chi connectivity index (χ0n) is 13.1. The molecule has 1 saturated heterocycles. The quantitative estimate of drug-likeness (QED) is 0.778. The first kappa shape index (κ1) is 17.0. The zero-order valence-corrected chi connectivity index (χ0v) is 13.9. The van der Waals surface area contributed by atoms with Crippen molar-refractivity contribution in [2.75, 3.05) is 19.7 Å². The molecule has 1 aliphatic heterocycles. The summed E-state index contributed by atoms with van der Waals surface area (Å²) < 4.78 is 31.5. The van der Waals surface area contributed by atoms with Gasteiger partial charge in [0.25, 0.3) is 0 Å². The molecule has 1 atom stereocenters. The first-order chi connectivity index (χ1) is 10.4. The van der Waals surface area contributed by atoms with Gasteiger partial charge in [-0.2, -0.15) is 0 Å². The van der Waals surface area contributed by atoms with Gasteiger partial charge in [0.15, 0.2) is 0 Å². The van der Waals surface area contributed by atoms with Crippen LogP contribution in [-0.4, -0.2) is 38.4 Å². The molecule has 0 N–H and O–H groups in total. The molecule has 1 aliphatic rings. The molecule has 1 fully saturated rings. The van der Waals surface area contributed by atoms with Gasteiger partial charge in [-0.15, -0.1) is 0 Å². The molecule has 0 saturated carbocycles. The van der Waals surface area contributed by atoms with Gasteiger partial charge in [-0.25, -0.2) is 12.7 Å². The molecular weight excluding hydrogens is 302 g/mol. The van der Waals surface area contributed by atoms with Crippen molar-refractivity contribution in [2.45, 2.75) is 32.4 Å². The molecule has 122 valence electrons. The molecular formula is C16H23NO4S. The number of nitrogens with zero attached hydrogens (tertiary/aromatic N) is 1. The van der Waals surface area contributed by atoms with Crippen molar-refractivity contribution in [3.63, 3.8) is 0 Å². The summed E-state index contributed by atoms with van der Waals surface area (Å²) >= 11 is 0. The highest BCUT2D eigenvalue weighted by atomic mass is 32.2. The third-order valence-corrected chi connectivity index (χ3v) is 5.68. The van der Waals surface area contributed by atoms with Crippen molar-refractivity contribution >= 4 is 16.0 Å². The Morgan fingerprint density at radius 1 is 1.32 bits per heavy atom. The SMILES string of the molecule is CCOC(=O)C1CCCN(S(=O)(=O)Cc2ccc(C)cc2)C1. The molecule has 1 aromatic rings. The summed E-state index contributed by atoms with van der Waals surface area (Å²) in [5.74, 6) is -0.665. The van der Waals surface area contributed by atoms with E-state index < -0.39 is 10.0 Å². The number of sulfonamides is 1. The van der Waals surface area contributed by atoms with Gasteiger partial charge in [-0.05, 0) is 32.3 Å². The molecule has 0 spiro atoms. The number of hydrogen-bond acceptors (Lipinski definition) is 4. The molecule has 0 aromatic heterocycles. The number of benzene rings is 1. The maximum Gasteiger partial charge on any atom is 0.310 e. The van der Waals surface area contributed by atoms with E-state index in [1.54, 1.807) is 6.92 Å². The number of rotatable bonds is 5. The molecule has 5 nitrogen and oxygen atoms in total. The Labute approximate surface area is 132 Å². The van der Waals surface area contributed by atoms with E-state index in [4.69, 9.17) is 4.74 Å². The number of ether oxygens (including phenoxy) is 1. The van der Waals surface area contributed by atoms with E-state index in [2.05, 4.69) is 0 Å². The number of piperidine rings is 1. The van der Waals surface area contributed by atoms with Crippen molar-refractivity contribution in [2.24, 2.45) is 5.92 Å². The van der Waals surface area contributed by atoms with Crippen molar-refractivity contribution in [1.82, 2.24) is 4.31 Å². The highest BCUT2D eigenvalue weighted by Gasteiger charge is 2.33. The Bertz CT molecular complexity index is 610. The van der Waals surface area contributed by atoms with Crippen molar-refractivity contribution in [3.05, 3.63) is 35.4 Å². The summed E-state index contributed by atoms with van der Waals surface area (Å²) in [6.07, 6.45) is 1.38. The number of hydrogen-bond donors (Lipinski definition) is 0. The largest absolute Gasteiger partial charge is 0.466 e. The summed E-state index contributed by atoms with van der Waals surface area (Å²) in [6.45, 7) is 4.75. The molecule has 22 heavy (non-hydrogen) atoms. The second-order valence-electron chi connectivity index (χ2n) is 5.69. The lowest BCUT2D eigenvalue weighted by Gasteiger charge is -2.30. The van der Waals surface area contributed by atoms with Gasteiger partial charge in [0.2, 0.25) is 10.0 Å². The van der Waals surface area contributed by atoms with Gasteiger partial charge in [-0.1, -0.05) is 29.8 Å². The Hall–Kier alpha value is -1.40. The molecule has 2 rings (SSSR count). The minimum absolute atomic E-state index is 0.0250. The van der Waals surface area contributed by atoms with Crippen molar-refractivity contribution in [1.29, 1.82) is 0 Å². The normalized spacial score (nSPS) is 19.8. The highest BCUT2D eigenvalue weighted by Crippen LogP contribution is 2.22. The van der Waals surface area contributed by atoms with Crippen LogP contribution >= 0.6 is 0 Å². The number of carbonyl (C=O) groups excluding carboxylic acids is 1. The van der Waals surface area contributed by atoms with Crippen LogP contribution < -0.4 is 0 Å². The molecule has 0 aliphatic carbocycles. The van der Waals surface area contributed by atoms with E-state index in [9.17, 15) is 13.2 Å². The first-order valence-corrected chi connectivity index (χ1v) is 9.23. The van der Waals surface area contributed by atoms with Crippen LogP contribution in [0, 0.1) is 12.8 Å². The van der Waals surface area contributed by atoms with Crippen molar-refractivity contribution < 1.29 is 17.9 Å². The average molecular weight is 325 g/mol. The topological polar surface area (TPSA) is 63.7 Å². The van der Waals surface area contributed by atoms with Crippen LogP contribution in [0.1, 0.15) is 30.9 Å². The van der Waals surface area contributed by atoms with E-state index in [0.717, 1.165) is 11.1 Å². The molecule has 0 bridgehead atoms. The second-order valence-corrected chi connectivity index (χ2v) is 7.66. The maximum absolute atomic E-state index is 12.5. The van der Waals surface area contributed by atoms with Crippen LogP contribution in [0.15, 0.2) is 24.3 Å². The Morgan fingerprint density at radius 3 is 2.64 bits per heavy atom. The lowest BCUT2D eigenvalue weighted by atomic mass is 10.0. The Morgan fingerprint density at radius 2 is 2.00 bits per heavy atom. The van der Waals surface area contributed by atoms with Gasteiger partial charge in [0.05, 0.1) is 18.3 Å². The average Bonchev–Trinajstić information content (AvgIpc) is 2.50. The number of esters is 1. The summed E-state index contributed by atoms with van der Waals surface area (Å²) in [5, 5.41) is 0.